The van der Waals surface area contributed by atoms with Crippen molar-refractivity contribution in [3.8, 4) is 5.69 Å². The number of benzene rings is 1. The van der Waals surface area contributed by atoms with Gasteiger partial charge in [-0.05, 0) is 61.3 Å². The third-order valence-corrected chi connectivity index (χ3v) is 3.81. The number of aryl methyl sites for hydroxylation is 1. The lowest BCUT2D eigenvalue weighted by atomic mass is 10.3. The fraction of sp³-hybridized carbons (Fsp3) is 0.125. The minimum absolute atomic E-state index is 0.754. The van der Waals surface area contributed by atoms with Gasteiger partial charge in [0.2, 0.25) is 0 Å². The highest BCUT2D eigenvalue weighted by molar-refractivity contribution is 9.13. The Bertz CT molecular complexity index is 466. The second-order valence-electron chi connectivity index (χ2n) is 2.71. The van der Waals surface area contributed by atoms with Gasteiger partial charge in [0.25, 0.3) is 0 Å². The smallest absolute Gasteiger partial charge is 0.153 e. The molecule has 2 aromatic rings. The molecule has 1 aromatic carbocycles. The summed E-state index contributed by atoms with van der Waals surface area (Å²) in [4.78, 5) is 0. The molecule has 2 rings (SSSR count). The van der Waals surface area contributed by atoms with Crippen LogP contribution < -0.4 is 0 Å². The van der Waals surface area contributed by atoms with Crippen LogP contribution >= 0.6 is 31.9 Å². The Hall–Kier alpha value is -0.750. The maximum absolute atomic E-state index is 3.89. The molecular formula is C8H6Br2N4. The molecule has 72 valence electrons. The molecule has 0 bridgehead atoms. The maximum Gasteiger partial charge on any atom is 0.153 e. The third kappa shape index (κ3) is 1.59. The first-order chi connectivity index (χ1) is 6.70. The Morgan fingerprint density at radius 3 is 2.71 bits per heavy atom. The Kier molecular flexibility index (Phi) is 2.64. The van der Waals surface area contributed by atoms with Crippen LogP contribution in [0, 0.1) is 6.92 Å². The van der Waals surface area contributed by atoms with Crippen molar-refractivity contribution in [3.63, 3.8) is 0 Å². The van der Waals surface area contributed by atoms with E-state index in [1.807, 2.05) is 25.1 Å². The van der Waals surface area contributed by atoms with E-state index in [0.717, 1.165) is 20.5 Å². The summed E-state index contributed by atoms with van der Waals surface area (Å²) in [7, 11) is 0. The molecule has 0 atom stereocenters. The highest BCUT2D eigenvalue weighted by Crippen LogP contribution is 2.28. The molecule has 1 aromatic heterocycles. The Labute approximate surface area is 97.6 Å². The first-order valence-corrected chi connectivity index (χ1v) is 5.48. The molecule has 0 spiro atoms. The lowest BCUT2D eigenvalue weighted by Gasteiger charge is -2.05. The van der Waals surface area contributed by atoms with Gasteiger partial charge in [-0.15, -0.1) is 5.10 Å². The van der Waals surface area contributed by atoms with Gasteiger partial charge in [0.1, 0.15) is 0 Å². The molecule has 0 aliphatic rings. The van der Waals surface area contributed by atoms with Gasteiger partial charge >= 0.3 is 0 Å². The Morgan fingerprint density at radius 2 is 2.07 bits per heavy atom. The minimum atomic E-state index is 0.754. The van der Waals surface area contributed by atoms with Crippen molar-refractivity contribution >= 4 is 31.9 Å². The summed E-state index contributed by atoms with van der Waals surface area (Å²) in [6.45, 7) is 1.85. The molecule has 0 fully saturated rings. The van der Waals surface area contributed by atoms with E-state index in [0.29, 0.717) is 0 Å². The van der Waals surface area contributed by atoms with Crippen molar-refractivity contribution in [1.82, 2.24) is 20.2 Å². The SMILES string of the molecule is Cc1nnnn1-c1cccc(Br)c1Br. The summed E-state index contributed by atoms with van der Waals surface area (Å²) in [5.41, 5.74) is 0.918. The van der Waals surface area contributed by atoms with Crippen molar-refractivity contribution in [1.29, 1.82) is 0 Å². The average molecular weight is 318 g/mol. The average Bonchev–Trinajstić information content (AvgIpc) is 2.57. The van der Waals surface area contributed by atoms with Crippen LogP contribution in [0.2, 0.25) is 0 Å². The van der Waals surface area contributed by atoms with Crippen LogP contribution in [0.25, 0.3) is 5.69 Å². The molecule has 1 heterocycles. The van der Waals surface area contributed by atoms with Crippen LogP contribution in [0.1, 0.15) is 5.82 Å². The van der Waals surface area contributed by atoms with Crippen LogP contribution in [-0.4, -0.2) is 20.2 Å². The molecule has 0 saturated carbocycles. The van der Waals surface area contributed by atoms with Gasteiger partial charge in [-0.25, -0.2) is 0 Å². The zero-order valence-electron chi connectivity index (χ0n) is 7.28. The van der Waals surface area contributed by atoms with Crippen LogP contribution in [0.4, 0.5) is 0 Å². The van der Waals surface area contributed by atoms with Gasteiger partial charge in [0.05, 0.1) is 10.2 Å². The van der Waals surface area contributed by atoms with Gasteiger partial charge in [0.15, 0.2) is 5.82 Å². The normalized spacial score (nSPS) is 10.5. The fourth-order valence-corrected chi connectivity index (χ4v) is 1.90. The van der Waals surface area contributed by atoms with E-state index in [-0.39, 0.29) is 0 Å². The summed E-state index contributed by atoms with van der Waals surface area (Å²) in [5, 5.41) is 11.3. The second kappa shape index (κ2) is 3.78. The van der Waals surface area contributed by atoms with Crippen molar-refractivity contribution in [2.75, 3.05) is 0 Å². The molecule has 0 unspecified atom stereocenters. The van der Waals surface area contributed by atoms with Crippen molar-refractivity contribution in [2.45, 2.75) is 6.92 Å². The lowest BCUT2D eigenvalue weighted by molar-refractivity contribution is 0.776. The van der Waals surface area contributed by atoms with E-state index in [1.165, 1.54) is 0 Å². The topological polar surface area (TPSA) is 43.6 Å². The van der Waals surface area contributed by atoms with E-state index in [9.17, 15) is 0 Å². The van der Waals surface area contributed by atoms with Crippen LogP contribution in [0.5, 0.6) is 0 Å². The van der Waals surface area contributed by atoms with Gasteiger partial charge in [0, 0.05) is 4.47 Å². The van der Waals surface area contributed by atoms with Gasteiger partial charge in [-0.3, -0.25) is 0 Å². The molecule has 6 heteroatoms. The zero-order valence-corrected chi connectivity index (χ0v) is 10.4. The predicted molar refractivity (Wildman–Crippen MR) is 59.3 cm³/mol. The molecule has 0 aliphatic carbocycles. The number of hydrogen-bond acceptors (Lipinski definition) is 3. The molecule has 4 nitrogen and oxygen atoms in total. The lowest BCUT2D eigenvalue weighted by Crippen LogP contribution is -2.00. The number of rotatable bonds is 1. The number of hydrogen-bond donors (Lipinski definition) is 0. The first kappa shape index (κ1) is 9.79. The third-order valence-electron chi connectivity index (χ3n) is 1.78. The number of tetrazole rings is 1. The van der Waals surface area contributed by atoms with E-state index >= 15 is 0 Å². The summed E-state index contributed by atoms with van der Waals surface area (Å²) < 4.78 is 3.59. The summed E-state index contributed by atoms with van der Waals surface area (Å²) in [5.74, 6) is 0.754. The fourth-order valence-electron chi connectivity index (χ4n) is 1.11. The van der Waals surface area contributed by atoms with Crippen molar-refractivity contribution in [3.05, 3.63) is 33.0 Å². The van der Waals surface area contributed by atoms with E-state index < -0.39 is 0 Å². The van der Waals surface area contributed by atoms with Crippen LogP contribution in [0.15, 0.2) is 27.1 Å². The summed E-state index contributed by atoms with van der Waals surface area (Å²) >= 11 is 6.90. The highest BCUT2D eigenvalue weighted by Gasteiger charge is 2.08. The minimum Gasteiger partial charge on any atom is -0.196 e. The Balaban J connectivity index is 2.63. The first-order valence-electron chi connectivity index (χ1n) is 3.89. The van der Waals surface area contributed by atoms with Gasteiger partial charge in [-0.2, -0.15) is 4.68 Å². The molecule has 14 heavy (non-hydrogen) atoms. The molecule has 0 radical (unpaired) electrons. The number of halogens is 2. The molecular weight excluding hydrogens is 312 g/mol. The predicted octanol–water partition coefficient (Wildman–Crippen LogP) is 2.50. The number of nitrogens with zero attached hydrogens (tertiary/aromatic N) is 4. The van der Waals surface area contributed by atoms with Crippen molar-refractivity contribution in [2.24, 2.45) is 0 Å². The molecule has 0 aliphatic heterocycles. The summed E-state index contributed by atoms with van der Waals surface area (Å²) in [6.07, 6.45) is 0. The van der Waals surface area contributed by atoms with E-state index in [2.05, 4.69) is 47.4 Å². The molecule has 0 saturated heterocycles. The maximum atomic E-state index is 3.89. The summed E-state index contributed by atoms with van der Waals surface area (Å²) in [6, 6.07) is 5.83. The number of aromatic nitrogens is 4. The Morgan fingerprint density at radius 1 is 1.29 bits per heavy atom. The van der Waals surface area contributed by atoms with Crippen LogP contribution in [0.3, 0.4) is 0 Å². The van der Waals surface area contributed by atoms with Crippen LogP contribution in [-0.2, 0) is 0 Å². The zero-order chi connectivity index (χ0) is 10.1. The molecule has 0 amide bonds. The monoisotopic (exact) mass is 316 g/mol. The van der Waals surface area contributed by atoms with Gasteiger partial charge in [-0.1, -0.05) is 6.07 Å². The highest BCUT2D eigenvalue weighted by atomic mass is 79.9. The second-order valence-corrected chi connectivity index (χ2v) is 4.36. The standard InChI is InChI=1S/C8H6Br2N4/c1-5-11-12-13-14(5)7-4-2-3-6(9)8(7)10/h2-4H,1H3. The van der Waals surface area contributed by atoms with E-state index in [1.54, 1.807) is 4.68 Å². The van der Waals surface area contributed by atoms with Gasteiger partial charge < -0.3 is 0 Å². The van der Waals surface area contributed by atoms with Crippen molar-refractivity contribution < 1.29 is 0 Å². The largest absolute Gasteiger partial charge is 0.196 e. The van der Waals surface area contributed by atoms with E-state index in [4.69, 9.17) is 0 Å². The quantitative estimate of drug-likeness (QED) is 0.811. The molecule has 0 N–H and O–H groups in total.